The molecule has 1 unspecified atom stereocenters. The van der Waals surface area contributed by atoms with Gasteiger partial charge in [0.25, 0.3) is 11.5 Å². The molecular weight excluding hydrogens is 865 g/mol. The van der Waals surface area contributed by atoms with Gasteiger partial charge in [-0.2, -0.15) is 0 Å². The maximum absolute atomic E-state index is 14.1. The van der Waals surface area contributed by atoms with Gasteiger partial charge in [-0.25, -0.2) is 24.0 Å². The van der Waals surface area contributed by atoms with Crippen LogP contribution in [0.3, 0.4) is 0 Å². The average Bonchev–Trinajstić information content (AvgIpc) is 3.59. The van der Waals surface area contributed by atoms with Crippen molar-refractivity contribution in [1.82, 2.24) is 20.2 Å². The molecule has 1 aromatic heterocycles. The van der Waals surface area contributed by atoms with Gasteiger partial charge in [-0.1, -0.05) is 54.6 Å². The minimum Gasteiger partial charge on any atom is -0.467 e. The number of amides is 2. The Hall–Kier alpha value is -7.42. The first-order chi connectivity index (χ1) is 31.8. The molecule has 0 saturated carbocycles. The Kier molecular flexibility index (Phi) is 14.9. The Morgan fingerprint density at radius 2 is 1.32 bits per heavy atom. The molecule has 20 heteroatoms. The van der Waals surface area contributed by atoms with Crippen LogP contribution < -0.4 is 21.9 Å². The van der Waals surface area contributed by atoms with E-state index in [1.807, 2.05) is 6.92 Å². The van der Waals surface area contributed by atoms with Gasteiger partial charge in [0.15, 0.2) is 30.3 Å². The monoisotopic (exact) mass is 910 g/mol. The summed E-state index contributed by atoms with van der Waals surface area (Å²) in [5.41, 5.74) is -1.51. The van der Waals surface area contributed by atoms with Crippen molar-refractivity contribution < 1.29 is 66.7 Å². The third-order valence-corrected chi connectivity index (χ3v) is 10.9. The van der Waals surface area contributed by atoms with Crippen molar-refractivity contribution in [3.8, 4) is 0 Å². The zero-order valence-corrected chi connectivity index (χ0v) is 35.8. The van der Waals surface area contributed by atoms with Gasteiger partial charge in [-0.05, 0) is 62.6 Å². The molecule has 0 bridgehead atoms. The highest BCUT2D eigenvalue weighted by Crippen LogP contribution is 2.38. The van der Waals surface area contributed by atoms with E-state index in [1.165, 1.54) is 43.5 Å². The van der Waals surface area contributed by atoms with E-state index in [0.29, 0.717) is 12.8 Å². The van der Waals surface area contributed by atoms with E-state index in [2.05, 4.69) is 15.6 Å². The van der Waals surface area contributed by atoms with Gasteiger partial charge in [0.1, 0.15) is 18.2 Å². The lowest BCUT2D eigenvalue weighted by atomic mass is 10.0. The summed E-state index contributed by atoms with van der Waals surface area (Å²) < 4.78 is 48.5. The Bertz CT molecular complexity index is 2550. The van der Waals surface area contributed by atoms with Crippen LogP contribution >= 0.6 is 0 Å². The smallest absolute Gasteiger partial charge is 0.338 e. The number of esters is 4. The molecular formula is C46H46N4O16. The fraction of sp³-hybridized carbons (Fsp3) is 0.348. The molecule has 3 aliphatic heterocycles. The van der Waals surface area contributed by atoms with Gasteiger partial charge < -0.3 is 48.5 Å². The third-order valence-electron chi connectivity index (χ3n) is 10.9. The number of methoxy groups -OCH3 is 2. The van der Waals surface area contributed by atoms with E-state index in [0.717, 1.165) is 30.0 Å². The Morgan fingerprint density at radius 1 is 0.742 bits per heavy atom. The van der Waals surface area contributed by atoms with E-state index in [-0.39, 0.29) is 29.2 Å². The molecule has 2 amide bonds. The highest BCUT2D eigenvalue weighted by Gasteiger charge is 2.56. The molecule has 3 aliphatic rings. The van der Waals surface area contributed by atoms with E-state index >= 15 is 0 Å². The molecule has 20 nitrogen and oxygen atoms in total. The molecule has 4 aromatic rings. The van der Waals surface area contributed by atoms with Crippen LogP contribution in [0.4, 0.5) is 0 Å². The number of aromatic nitrogens is 2. The topological polar surface area (TPSA) is 255 Å². The molecule has 2 saturated heterocycles. The highest BCUT2D eigenvalue weighted by atomic mass is 16.7. The number of ether oxygens (including phenoxy) is 8. The van der Waals surface area contributed by atoms with Crippen molar-refractivity contribution in [2.75, 3.05) is 14.2 Å². The lowest BCUT2D eigenvalue weighted by Gasteiger charge is -2.38. The summed E-state index contributed by atoms with van der Waals surface area (Å²) in [6.07, 6.45) is -10.1. The second kappa shape index (κ2) is 21.0. The normalized spacial score (nSPS) is 25.3. The molecule has 0 aliphatic carbocycles. The first-order valence-electron chi connectivity index (χ1n) is 20.9. The van der Waals surface area contributed by atoms with E-state index in [1.54, 1.807) is 54.6 Å². The number of nitrogens with one attached hydrogen (secondary N) is 3. The molecule has 7 rings (SSSR count). The predicted octanol–water partition coefficient (Wildman–Crippen LogP) is 2.10. The number of hydrogen-bond donors (Lipinski definition) is 3. The van der Waals surface area contributed by atoms with Crippen molar-refractivity contribution in [2.24, 2.45) is 0 Å². The second-order valence-electron chi connectivity index (χ2n) is 15.4. The standard InChI is InChI=1S/C46H46N4O16/c1-25-14-13-21-29(38(52)47-25)48-39(53)31-24-30(61-41(54)26-15-7-4-8-16-26)33(64-42(55)27-17-9-5-10-18-27)45(62-31)66-37(44(57)60-3)35-34(59-2)36(65-43(56)28-19-11-6-12-20-28)40(63-35)50-23-22-32(51)49-46(50)58/h4-12,15-20,22-25,29-30,33-37,40,45H,13-14,21H2,1-3H3,(H,47,52)(H,48,53)(H,49,51,58)/t25-,29+,30?,33+,34-,35+,36-,37-,40-,45-/m1/s1. The first kappa shape index (κ1) is 46.6. The zero-order chi connectivity index (χ0) is 46.9. The minimum atomic E-state index is -2.04. The number of carbonyl (C=O) groups is 6. The largest absolute Gasteiger partial charge is 0.467 e. The van der Waals surface area contributed by atoms with Gasteiger partial charge in [-0.15, -0.1) is 0 Å². The maximum Gasteiger partial charge on any atom is 0.338 e. The summed E-state index contributed by atoms with van der Waals surface area (Å²) in [4.78, 5) is 110. The lowest BCUT2D eigenvalue weighted by Crippen LogP contribution is -2.55. The van der Waals surface area contributed by atoms with Crippen LogP contribution in [0.15, 0.2) is 125 Å². The van der Waals surface area contributed by atoms with E-state index in [9.17, 15) is 38.4 Å². The number of rotatable bonds is 14. The average molecular weight is 911 g/mol. The number of carbonyl (C=O) groups excluding carboxylic acids is 6. The van der Waals surface area contributed by atoms with Crippen molar-refractivity contribution in [1.29, 1.82) is 0 Å². The Balaban J connectivity index is 1.29. The number of hydrogen-bond acceptors (Lipinski definition) is 16. The van der Waals surface area contributed by atoms with Crippen LogP contribution in [0.5, 0.6) is 0 Å². The first-order valence-corrected chi connectivity index (χ1v) is 20.9. The van der Waals surface area contributed by atoms with Crippen LogP contribution in [0, 0.1) is 0 Å². The van der Waals surface area contributed by atoms with Gasteiger partial charge >= 0.3 is 29.6 Å². The Morgan fingerprint density at radius 3 is 1.88 bits per heavy atom. The molecule has 3 aromatic carbocycles. The van der Waals surface area contributed by atoms with Gasteiger partial charge in [0.05, 0.1) is 23.8 Å². The van der Waals surface area contributed by atoms with E-state index < -0.39 is 108 Å². The molecule has 4 heterocycles. The molecule has 346 valence electrons. The minimum absolute atomic E-state index is 0.0471. The molecule has 3 N–H and O–H groups in total. The van der Waals surface area contributed by atoms with Crippen LogP contribution in [-0.4, -0.2) is 114 Å². The fourth-order valence-electron chi connectivity index (χ4n) is 7.61. The molecule has 0 spiro atoms. The quantitative estimate of drug-likeness (QED) is 0.121. The van der Waals surface area contributed by atoms with Gasteiger partial charge in [0.2, 0.25) is 18.3 Å². The maximum atomic E-state index is 14.1. The zero-order valence-electron chi connectivity index (χ0n) is 35.8. The molecule has 66 heavy (non-hydrogen) atoms. The van der Waals surface area contributed by atoms with E-state index in [4.69, 9.17) is 37.9 Å². The summed E-state index contributed by atoms with van der Waals surface area (Å²) >= 11 is 0. The number of nitrogens with zero attached hydrogens (tertiary/aromatic N) is 1. The molecule has 0 radical (unpaired) electrons. The summed E-state index contributed by atoms with van der Waals surface area (Å²) in [5.74, 6) is -5.90. The van der Waals surface area contributed by atoms with Crippen molar-refractivity contribution in [3.05, 3.63) is 153 Å². The number of H-pyrrole nitrogens is 1. The summed E-state index contributed by atoms with van der Waals surface area (Å²) in [6, 6.07) is 23.1. The van der Waals surface area contributed by atoms with Gasteiger partial charge in [-0.3, -0.25) is 23.9 Å². The third kappa shape index (κ3) is 10.7. The van der Waals surface area contributed by atoms with Gasteiger partial charge in [0, 0.05) is 31.5 Å². The SMILES string of the molecule is COC(=O)[C@H](O[C@H]1OC(C(=O)N[C@H]2CCC[C@@H](C)NC2=O)=CC(OC(=O)c2ccccc2)[C@@H]1OC(=O)c1ccccc1)[C@H]1O[C@@H](n2ccc(=O)[nH]c2=O)[C@H](OC(=O)c2ccccc2)[C@@H]1OC. The highest BCUT2D eigenvalue weighted by molar-refractivity contribution is 5.96. The fourth-order valence-corrected chi connectivity index (χ4v) is 7.61. The number of aromatic amines is 1. The lowest BCUT2D eigenvalue weighted by molar-refractivity contribution is -0.247. The summed E-state index contributed by atoms with van der Waals surface area (Å²) in [6.45, 7) is 1.83. The summed E-state index contributed by atoms with van der Waals surface area (Å²) in [5, 5.41) is 5.47. The van der Waals surface area contributed by atoms with Crippen LogP contribution in [0.25, 0.3) is 0 Å². The van der Waals surface area contributed by atoms with Crippen molar-refractivity contribution in [2.45, 2.75) is 87.4 Å². The summed E-state index contributed by atoms with van der Waals surface area (Å²) in [7, 11) is 2.22. The second-order valence-corrected chi connectivity index (χ2v) is 15.4. The van der Waals surface area contributed by atoms with Crippen LogP contribution in [0.2, 0.25) is 0 Å². The van der Waals surface area contributed by atoms with Crippen LogP contribution in [-0.2, 0) is 52.3 Å². The van der Waals surface area contributed by atoms with Crippen molar-refractivity contribution in [3.63, 3.8) is 0 Å². The van der Waals surface area contributed by atoms with Crippen molar-refractivity contribution >= 4 is 35.7 Å². The predicted molar refractivity (Wildman–Crippen MR) is 226 cm³/mol. The Labute approximate surface area is 376 Å². The molecule has 2 fully saturated rings. The van der Waals surface area contributed by atoms with Crippen LogP contribution in [0.1, 0.15) is 63.5 Å². The number of benzene rings is 3. The molecule has 10 atom stereocenters.